The number of nitrogens with one attached hydrogen (secondary N) is 1. The Hall–Kier alpha value is -1.84. The number of hydrogen-bond acceptors (Lipinski definition) is 2. The lowest BCUT2D eigenvalue weighted by atomic mass is 10.0. The average molecular weight is 343 g/mol. The van der Waals surface area contributed by atoms with Gasteiger partial charge in [-0.15, -0.1) is 0 Å². The minimum Gasteiger partial charge on any atom is -0.348 e. The zero-order valence-electron chi connectivity index (χ0n) is 14.1. The fourth-order valence-corrected chi connectivity index (χ4v) is 3.61. The molecule has 4 heteroatoms. The number of likely N-dealkylation sites (N-methyl/N-ethyl adjacent to an activating group) is 1. The summed E-state index contributed by atoms with van der Waals surface area (Å²) in [6.07, 6.45) is 1.89. The van der Waals surface area contributed by atoms with E-state index in [0.717, 1.165) is 30.0 Å². The molecule has 3 nitrogen and oxygen atoms in total. The van der Waals surface area contributed by atoms with Crippen LogP contribution in [0.5, 0.6) is 0 Å². The van der Waals surface area contributed by atoms with Gasteiger partial charge in [0.15, 0.2) is 0 Å². The van der Waals surface area contributed by atoms with Gasteiger partial charge in [0.05, 0.1) is 6.04 Å². The van der Waals surface area contributed by atoms with E-state index >= 15 is 0 Å². The van der Waals surface area contributed by atoms with Crippen molar-refractivity contribution in [2.24, 2.45) is 0 Å². The second-order valence-corrected chi connectivity index (χ2v) is 6.77. The van der Waals surface area contributed by atoms with Gasteiger partial charge in [-0.1, -0.05) is 54.9 Å². The van der Waals surface area contributed by atoms with Crippen LogP contribution in [0.2, 0.25) is 5.02 Å². The number of aryl methyl sites for hydroxylation is 1. The molecule has 0 spiro atoms. The van der Waals surface area contributed by atoms with E-state index in [0.29, 0.717) is 0 Å². The van der Waals surface area contributed by atoms with Crippen LogP contribution in [-0.2, 0) is 11.2 Å². The van der Waals surface area contributed by atoms with Crippen LogP contribution in [0.1, 0.15) is 42.1 Å². The maximum absolute atomic E-state index is 13.0. The molecule has 0 heterocycles. The molecule has 24 heavy (non-hydrogen) atoms. The molecule has 0 aromatic heterocycles. The van der Waals surface area contributed by atoms with Crippen molar-refractivity contribution >= 4 is 17.5 Å². The van der Waals surface area contributed by atoms with E-state index in [4.69, 9.17) is 11.6 Å². The Bertz CT molecular complexity index is 717. The van der Waals surface area contributed by atoms with E-state index in [1.807, 2.05) is 55.6 Å². The fraction of sp³-hybridized carbons (Fsp3) is 0.350. The summed E-state index contributed by atoms with van der Waals surface area (Å²) in [7, 11) is 1.99. The molecule has 2 aromatic carbocycles. The Balaban J connectivity index is 1.80. The fourth-order valence-electron chi connectivity index (χ4n) is 3.41. The van der Waals surface area contributed by atoms with Crippen molar-refractivity contribution in [3.8, 4) is 0 Å². The minimum absolute atomic E-state index is 0.0540. The van der Waals surface area contributed by atoms with Crippen LogP contribution in [0.3, 0.4) is 0 Å². The Morgan fingerprint density at radius 3 is 2.75 bits per heavy atom. The molecule has 0 fully saturated rings. The Kier molecular flexibility index (Phi) is 5.22. The maximum Gasteiger partial charge on any atom is 0.242 e. The summed E-state index contributed by atoms with van der Waals surface area (Å²) in [6.45, 7) is 2.87. The summed E-state index contributed by atoms with van der Waals surface area (Å²) in [6, 6.07) is 15.7. The van der Waals surface area contributed by atoms with E-state index in [-0.39, 0.29) is 18.0 Å². The standard InChI is InChI=1S/C20H23ClN2O/c1-3-23(2)19(14-7-5-4-6-8-14)20(24)22-18-12-9-15-13-16(21)10-11-17(15)18/h4-8,10-11,13,18-19H,3,9,12H2,1-2H3,(H,22,24). The van der Waals surface area contributed by atoms with E-state index in [1.54, 1.807) is 0 Å². The predicted octanol–water partition coefficient (Wildman–Crippen LogP) is 4.14. The molecular formula is C20H23ClN2O. The van der Waals surface area contributed by atoms with Crippen molar-refractivity contribution in [2.75, 3.05) is 13.6 Å². The third kappa shape index (κ3) is 3.47. The normalized spacial score (nSPS) is 17.6. The number of halogens is 1. The Morgan fingerprint density at radius 2 is 2.04 bits per heavy atom. The average Bonchev–Trinajstić information content (AvgIpc) is 2.97. The summed E-state index contributed by atoms with van der Waals surface area (Å²) in [5.41, 5.74) is 3.46. The molecule has 0 aliphatic heterocycles. The van der Waals surface area contributed by atoms with Gasteiger partial charge in [-0.05, 0) is 55.3 Å². The first kappa shape index (κ1) is 17.0. The molecule has 2 atom stereocenters. The molecule has 1 aliphatic rings. The van der Waals surface area contributed by atoms with Gasteiger partial charge in [0, 0.05) is 5.02 Å². The lowest BCUT2D eigenvalue weighted by Gasteiger charge is -2.28. The molecule has 0 saturated carbocycles. The third-order valence-corrected chi connectivity index (χ3v) is 5.04. The van der Waals surface area contributed by atoms with Crippen molar-refractivity contribution in [2.45, 2.75) is 31.8 Å². The van der Waals surface area contributed by atoms with Crippen molar-refractivity contribution in [1.29, 1.82) is 0 Å². The van der Waals surface area contributed by atoms with Gasteiger partial charge >= 0.3 is 0 Å². The number of benzene rings is 2. The first-order chi connectivity index (χ1) is 11.6. The third-order valence-electron chi connectivity index (χ3n) is 4.80. The highest BCUT2D eigenvalue weighted by Crippen LogP contribution is 2.33. The van der Waals surface area contributed by atoms with Gasteiger partial charge in [0.2, 0.25) is 5.91 Å². The predicted molar refractivity (Wildman–Crippen MR) is 98.1 cm³/mol. The molecule has 1 N–H and O–H groups in total. The number of nitrogens with zero attached hydrogens (tertiary/aromatic N) is 1. The van der Waals surface area contributed by atoms with Crippen molar-refractivity contribution in [1.82, 2.24) is 10.2 Å². The zero-order valence-corrected chi connectivity index (χ0v) is 14.9. The Labute approximate surface area is 148 Å². The zero-order chi connectivity index (χ0) is 17.1. The number of amides is 1. The Morgan fingerprint density at radius 1 is 1.29 bits per heavy atom. The summed E-state index contributed by atoms with van der Waals surface area (Å²) >= 11 is 6.07. The monoisotopic (exact) mass is 342 g/mol. The van der Waals surface area contributed by atoms with E-state index in [2.05, 4.69) is 17.1 Å². The topological polar surface area (TPSA) is 32.3 Å². The maximum atomic E-state index is 13.0. The molecule has 0 saturated heterocycles. The van der Waals surface area contributed by atoms with Gasteiger partial charge in [-0.3, -0.25) is 9.69 Å². The number of carbonyl (C=O) groups excluding carboxylic acids is 1. The number of fused-ring (bicyclic) bond motifs is 1. The van der Waals surface area contributed by atoms with E-state index in [9.17, 15) is 4.79 Å². The smallest absolute Gasteiger partial charge is 0.242 e. The molecule has 1 aliphatic carbocycles. The summed E-state index contributed by atoms with van der Waals surface area (Å²) < 4.78 is 0. The largest absolute Gasteiger partial charge is 0.348 e. The molecular weight excluding hydrogens is 320 g/mol. The van der Waals surface area contributed by atoms with Crippen LogP contribution in [0.25, 0.3) is 0 Å². The summed E-state index contributed by atoms with van der Waals surface area (Å²) in [4.78, 5) is 15.1. The second-order valence-electron chi connectivity index (χ2n) is 6.33. The summed E-state index contributed by atoms with van der Waals surface area (Å²) in [5, 5.41) is 4.00. The second kappa shape index (κ2) is 7.37. The number of rotatable bonds is 5. The van der Waals surface area contributed by atoms with Crippen molar-refractivity contribution in [3.05, 3.63) is 70.2 Å². The highest BCUT2D eigenvalue weighted by Gasteiger charge is 2.29. The van der Waals surface area contributed by atoms with Crippen molar-refractivity contribution < 1.29 is 4.79 Å². The molecule has 2 aromatic rings. The van der Waals surface area contributed by atoms with Gasteiger partial charge in [0.25, 0.3) is 0 Å². The first-order valence-electron chi connectivity index (χ1n) is 8.44. The van der Waals surface area contributed by atoms with Crippen LogP contribution in [0, 0.1) is 0 Å². The number of carbonyl (C=O) groups is 1. The lowest BCUT2D eigenvalue weighted by Crippen LogP contribution is -2.39. The highest BCUT2D eigenvalue weighted by molar-refractivity contribution is 6.30. The van der Waals surface area contributed by atoms with Gasteiger partial charge in [-0.2, -0.15) is 0 Å². The first-order valence-corrected chi connectivity index (χ1v) is 8.82. The summed E-state index contributed by atoms with van der Waals surface area (Å²) in [5.74, 6) is 0.0540. The molecule has 2 unspecified atom stereocenters. The SMILES string of the molecule is CCN(C)C(C(=O)NC1CCc2cc(Cl)ccc21)c1ccccc1. The van der Waals surface area contributed by atoms with Crippen LogP contribution in [-0.4, -0.2) is 24.4 Å². The van der Waals surface area contributed by atoms with Crippen LogP contribution in [0.15, 0.2) is 48.5 Å². The molecule has 3 rings (SSSR count). The van der Waals surface area contributed by atoms with Crippen LogP contribution >= 0.6 is 11.6 Å². The minimum atomic E-state index is -0.271. The molecule has 0 bridgehead atoms. The van der Waals surface area contributed by atoms with Gasteiger partial charge in [0.1, 0.15) is 6.04 Å². The van der Waals surface area contributed by atoms with E-state index < -0.39 is 0 Å². The van der Waals surface area contributed by atoms with Gasteiger partial charge < -0.3 is 5.32 Å². The van der Waals surface area contributed by atoms with Crippen LogP contribution < -0.4 is 5.32 Å². The quantitative estimate of drug-likeness (QED) is 0.885. The molecule has 0 radical (unpaired) electrons. The van der Waals surface area contributed by atoms with Crippen molar-refractivity contribution in [3.63, 3.8) is 0 Å². The highest BCUT2D eigenvalue weighted by atomic mass is 35.5. The molecule has 1 amide bonds. The number of hydrogen-bond donors (Lipinski definition) is 1. The van der Waals surface area contributed by atoms with Crippen LogP contribution in [0.4, 0.5) is 0 Å². The van der Waals surface area contributed by atoms with E-state index in [1.165, 1.54) is 11.1 Å². The van der Waals surface area contributed by atoms with Gasteiger partial charge in [-0.25, -0.2) is 0 Å². The molecule has 126 valence electrons. The lowest BCUT2D eigenvalue weighted by molar-refractivity contribution is -0.127.